The van der Waals surface area contributed by atoms with Crippen molar-refractivity contribution in [2.75, 3.05) is 11.9 Å². The fourth-order valence-corrected chi connectivity index (χ4v) is 1.97. The average molecular weight is 263 g/mol. The Morgan fingerprint density at radius 1 is 1.58 bits per heavy atom. The lowest BCUT2D eigenvalue weighted by atomic mass is 10.2. The van der Waals surface area contributed by atoms with Gasteiger partial charge in [0.2, 0.25) is 5.95 Å². The molecule has 102 valence electrons. The second-order valence-electron chi connectivity index (χ2n) is 4.41. The summed E-state index contributed by atoms with van der Waals surface area (Å²) < 4.78 is 0. The maximum atomic E-state index is 10.7. The van der Waals surface area contributed by atoms with Crippen LogP contribution in [-0.2, 0) is 0 Å². The number of aromatic amines is 1. The van der Waals surface area contributed by atoms with Crippen LogP contribution in [0.2, 0.25) is 0 Å². The zero-order valence-corrected chi connectivity index (χ0v) is 10.7. The molecule has 0 aliphatic heterocycles. The van der Waals surface area contributed by atoms with Gasteiger partial charge in [-0.25, -0.2) is 4.98 Å². The molecule has 1 aromatic carbocycles. The van der Waals surface area contributed by atoms with Gasteiger partial charge in [0, 0.05) is 24.7 Å². The molecule has 0 spiro atoms. The van der Waals surface area contributed by atoms with Crippen LogP contribution in [-0.4, -0.2) is 27.5 Å². The van der Waals surface area contributed by atoms with Crippen molar-refractivity contribution in [1.82, 2.24) is 9.97 Å². The van der Waals surface area contributed by atoms with E-state index in [2.05, 4.69) is 22.2 Å². The monoisotopic (exact) mass is 263 g/mol. The molecule has 1 atom stereocenters. The molecule has 0 aliphatic carbocycles. The van der Waals surface area contributed by atoms with E-state index in [1.807, 2.05) is 0 Å². The van der Waals surface area contributed by atoms with Gasteiger partial charge in [0.05, 0.1) is 16.0 Å². The third-order valence-electron chi connectivity index (χ3n) is 2.94. The van der Waals surface area contributed by atoms with Crippen molar-refractivity contribution in [1.29, 1.82) is 0 Å². The number of anilines is 1. The summed E-state index contributed by atoms with van der Waals surface area (Å²) in [7, 11) is 0. The van der Waals surface area contributed by atoms with E-state index in [1.54, 1.807) is 6.07 Å². The lowest BCUT2D eigenvalue weighted by Gasteiger charge is -2.14. The van der Waals surface area contributed by atoms with E-state index < -0.39 is 4.92 Å². The molecule has 0 aliphatic rings. The van der Waals surface area contributed by atoms with Crippen LogP contribution in [0.4, 0.5) is 11.6 Å². The highest BCUT2D eigenvalue weighted by Gasteiger charge is 2.11. The summed E-state index contributed by atoms with van der Waals surface area (Å²) >= 11 is 0. The van der Waals surface area contributed by atoms with Crippen LogP contribution in [0, 0.1) is 10.1 Å². The zero-order chi connectivity index (χ0) is 13.8. The Hall–Kier alpha value is -2.15. The van der Waals surface area contributed by atoms with E-state index in [4.69, 9.17) is 5.73 Å². The molecule has 7 heteroatoms. The number of rotatable bonds is 6. The van der Waals surface area contributed by atoms with E-state index in [9.17, 15) is 10.1 Å². The van der Waals surface area contributed by atoms with Crippen molar-refractivity contribution in [3.63, 3.8) is 0 Å². The summed E-state index contributed by atoms with van der Waals surface area (Å²) in [5, 5.41) is 13.9. The summed E-state index contributed by atoms with van der Waals surface area (Å²) in [5.41, 5.74) is 7.06. The molecule has 1 unspecified atom stereocenters. The molecule has 0 bridgehead atoms. The third kappa shape index (κ3) is 3.00. The molecule has 0 fully saturated rings. The quantitative estimate of drug-likeness (QED) is 0.545. The van der Waals surface area contributed by atoms with Crippen LogP contribution in [0.15, 0.2) is 18.2 Å². The van der Waals surface area contributed by atoms with Gasteiger partial charge in [-0.05, 0) is 12.5 Å². The highest BCUT2D eigenvalue weighted by Crippen LogP contribution is 2.20. The lowest BCUT2D eigenvalue weighted by Crippen LogP contribution is -2.29. The standard InChI is InChI=1S/C12H17N5O2/c1-2-3-8(7-13)14-12-15-10-5-4-9(17(18)19)6-11(10)16-12/h4-6,8H,2-3,7,13H2,1H3,(H2,14,15,16). The normalized spacial score (nSPS) is 12.5. The summed E-state index contributed by atoms with van der Waals surface area (Å²) in [6, 6.07) is 4.71. The number of imidazole rings is 1. The molecule has 7 nitrogen and oxygen atoms in total. The molecule has 0 radical (unpaired) electrons. The van der Waals surface area contributed by atoms with Crippen molar-refractivity contribution >= 4 is 22.7 Å². The van der Waals surface area contributed by atoms with Gasteiger partial charge in [-0.3, -0.25) is 10.1 Å². The first-order chi connectivity index (χ1) is 9.13. The van der Waals surface area contributed by atoms with E-state index in [-0.39, 0.29) is 11.7 Å². The minimum Gasteiger partial charge on any atom is -0.352 e. The maximum Gasteiger partial charge on any atom is 0.271 e. The molecule has 0 saturated carbocycles. The predicted octanol–water partition coefficient (Wildman–Crippen LogP) is 2.01. The fourth-order valence-electron chi connectivity index (χ4n) is 1.97. The third-order valence-corrected chi connectivity index (χ3v) is 2.94. The molecule has 1 heterocycles. The van der Waals surface area contributed by atoms with Crippen molar-refractivity contribution in [3.05, 3.63) is 28.3 Å². The van der Waals surface area contributed by atoms with Crippen molar-refractivity contribution in [2.45, 2.75) is 25.8 Å². The maximum absolute atomic E-state index is 10.7. The van der Waals surface area contributed by atoms with Crippen LogP contribution >= 0.6 is 0 Å². The van der Waals surface area contributed by atoms with Crippen molar-refractivity contribution in [2.24, 2.45) is 5.73 Å². The Morgan fingerprint density at radius 3 is 3.00 bits per heavy atom. The van der Waals surface area contributed by atoms with Crippen LogP contribution in [0.5, 0.6) is 0 Å². The van der Waals surface area contributed by atoms with E-state index >= 15 is 0 Å². The van der Waals surface area contributed by atoms with Crippen molar-refractivity contribution < 1.29 is 4.92 Å². The van der Waals surface area contributed by atoms with E-state index in [0.29, 0.717) is 23.5 Å². The molecule has 19 heavy (non-hydrogen) atoms. The van der Waals surface area contributed by atoms with Gasteiger partial charge in [0.15, 0.2) is 0 Å². The Balaban J connectivity index is 2.23. The number of nitrogens with one attached hydrogen (secondary N) is 2. The number of nitrogens with zero attached hydrogens (tertiary/aromatic N) is 2. The van der Waals surface area contributed by atoms with Gasteiger partial charge in [-0.1, -0.05) is 13.3 Å². The number of benzene rings is 1. The number of fused-ring (bicyclic) bond motifs is 1. The smallest absolute Gasteiger partial charge is 0.271 e. The number of hydrogen-bond donors (Lipinski definition) is 3. The van der Waals surface area contributed by atoms with E-state index in [1.165, 1.54) is 12.1 Å². The second kappa shape index (κ2) is 5.66. The molecule has 1 aromatic heterocycles. The van der Waals surface area contributed by atoms with Crippen molar-refractivity contribution in [3.8, 4) is 0 Å². The molecule has 0 saturated heterocycles. The van der Waals surface area contributed by atoms with Crippen LogP contribution in [0.1, 0.15) is 19.8 Å². The number of hydrogen-bond acceptors (Lipinski definition) is 5. The van der Waals surface area contributed by atoms with Crippen LogP contribution in [0.3, 0.4) is 0 Å². The second-order valence-corrected chi connectivity index (χ2v) is 4.41. The Bertz CT molecular complexity index is 581. The topological polar surface area (TPSA) is 110 Å². The minimum atomic E-state index is -0.423. The van der Waals surface area contributed by atoms with Gasteiger partial charge in [-0.15, -0.1) is 0 Å². The fraction of sp³-hybridized carbons (Fsp3) is 0.417. The Kier molecular flexibility index (Phi) is 3.96. The summed E-state index contributed by atoms with van der Waals surface area (Å²) in [6.45, 7) is 2.61. The molecular weight excluding hydrogens is 246 g/mol. The molecule has 4 N–H and O–H groups in total. The number of nitro groups is 1. The number of nitrogens with two attached hydrogens (primary N) is 1. The Labute approximate surface area is 110 Å². The van der Waals surface area contributed by atoms with Gasteiger partial charge in [0.1, 0.15) is 0 Å². The predicted molar refractivity (Wildman–Crippen MR) is 74.1 cm³/mol. The number of H-pyrrole nitrogens is 1. The van der Waals surface area contributed by atoms with Crippen LogP contribution < -0.4 is 11.1 Å². The summed E-state index contributed by atoms with van der Waals surface area (Å²) in [5.74, 6) is 0.597. The largest absolute Gasteiger partial charge is 0.352 e. The molecule has 2 aromatic rings. The SMILES string of the molecule is CCCC(CN)Nc1nc2ccc([N+](=O)[O-])cc2[nH]1. The number of nitro benzene ring substituents is 1. The molecule has 2 rings (SSSR count). The summed E-state index contributed by atoms with van der Waals surface area (Å²) in [6.07, 6.45) is 1.98. The van der Waals surface area contributed by atoms with Gasteiger partial charge < -0.3 is 16.0 Å². The van der Waals surface area contributed by atoms with Crippen LogP contribution in [0.25, 0.3) is 11.0 Å². The van der Waals surface area contributed by atoms with E-state index in [0.717, 1.165) is 12.8 Å². The first-order valence-electron chi connectivity index (χ1n) is 6.24. The molecule has 0 amide bonds. The first-order valence-corrected chi connectivity index (χ1v) is 6.24. The highest BCUT2D eigenvalue weighted by molar-refractivity contribution is 5.79. The number of aromatic nitrogens is 2. The number of non-ortho nitro benzene ring substituents is 1. The van der Waals surface area contributed by atoms with Gasteiger partial charge in [0.25, 0.3) is 5.69 Å². The molecular formula is C12H17N5O2. The minimum absolute atomic E-state index is 0.0478. The summed E-state index contributed by atoms with van der Waals surface area (Å²) in [4.78, 5) is 17.6. The highest BCUT2D eigenvalue weighted by atomic mass is 16.6. The Morgan fingerprint density at radius 2 is 2.37 bits per heavy atom. The van der Waals surface area contributed by atoms with Gasteiger partial charge in [-0.2, -0.15) is 0 Å². The van der Waals surface area contributed by atoms with Gasteiger partial charge >= 0.3 is 0 Å². The zero-order valence-electron chi connectivity index (χ0n) is 10.7. The lowest BCUT2D eigenvalue weighted by molar-refractivity contribution is -0.384. The average Bonchev–Trinajstić information content (AvgIpc) is 2.79. The first kappa shape index (κ1) is 13.3.